The molecule has 0 bridgehead atoms. The maximum atomic E-state index is 12.6. The van der Waals surface area contributed by atoms with Gasteiger partial charge in [-0.3, -0.25) is 0 Å². The molecular formula is C14H26N2O2S2. The zero-order chi connectivity index (χ0) is 15.4. The van der Waals surface area contributed by atoms with Crippen molar-refractivity contribution >= 4 is 21.4 Å². The van der Waals surface area contributed by atoms with Gasteiger partial charge in [-0.25, -0.2) is 8.42 Å². The zero-order valence-electron chi connectivity index (χ0n) is 13.1. The number of likely N-dealkylation sites (N-methyl/N-ethyl adjacent to an activating group) is 1. The lowest BCUT2D eigenvalue weighted by Gasteiger charge is -2.33. The highest BCUT2D eigenvalue weighted by molar-refractivity contribution is 7.91. The predicted molar refractivity (Wildman–Crippen MR) is 85.9 cm³/mol. The van der Waals surface area contributed by atoms with E-state index < -0.39 is 10.0 Å². The van der Waals surface area contributed by atoms with E-state index in [2.05, 4.69) is 12.2 Å². The van der Waals surface area contributed by atoms with Crippen LogP contribution in [0.15, 0.2) is 16.3 Å². The molecule has 0 saturated carbocycles. The first-order valence-corrected chi connectivity index (χ1v) is 9.29. The highest BCUT2D eigenvalue weighted by atomic mass is 32.2. The third-order valence-electron chi connectivity index (χ3n) is 3.77. The van der Waals surface area contributed by atoms with Crippen LogP contribution in [0.3, 0.4) is 0 Å². The fourth-order valence-electron chi connectivity index (χ4n) is 1.70. The number of rotatable bonds is 8. The van der Waals surface area contributed by atoms with Crippen molar-refractivity contribution in [2.45, 2.75) is 50.3 Å². The molecule has 0 fully saturated rings. The van der Waals surface area contributed by atoms with E-state index in [1.54, 1.807) is 13.1 Å². The summed E-state index contributed by atoms with van der Waals surface area (Å²) < 4.78 is 27.1. The number of hydrogen-bond donors (Lipinski definition) is 1. The van der Waals surface area contributed by atoms with Gasteiger partial charge in [-0.15, -0.1) is 11.3 Å². The lowest BCUT2D eigenvalue weighted by molar-refractivity contribution is 0.257. The van der Waals surface area contributed by atoms with Crippen LogP contribution in [0, 0.1) is 0 Å². The molecule has 1 N–H and O–H groups in total. The first-order valence-electron chi connectivity index (χ1n) is 7.04. The average Bonchev–Trinajstić information content (AvgIpc) is 2.87. The van der Waals surface area contributed by atoms with Crippen molar-refractivity contribution in [1.29, 1.82) is 0 Å². The van der Waals surface area contributed by atoms with Crippen LogP contribution in [0.25, 0.3) is 0 Å². The van der Waals surface area contributed by atoms with Gasteiger partial charge in [0.05, 0.1) is 0 Å². The predicted octanol–water partition coefficient (Wildman–Crippen LogP) is 2.71. The molecule has 6 heteroatoms. The highest BCUT2D eigenvalue weighted by Crippen LogP contribution is 2.29. The molecule has 116 valence electrons. The zero-order valence-corrected chi connectivity index (χ0v) is 14.7. The Kier molecular flexibility index (Phi) is 6.19. The van der Waals surface area contributed by atoms with Gasteiger partial charge in [-0.1, -0.05) is 13.8 Å². The largest absolute Gasteiger partial charge is 0.317 e. The maximum absolute atomic E-state index is 12.6. The smallest absolute Gasteiger partial charge is 0.252 e. The van der Waals surface area contributed by atoms with E-state index in [1.165, 1.54) is 15.6 Å². The summed E-state index contributed by atoms with van der Waals surface area (Å²) in [4.78, 5) is 1.10. The normalized spacial score (nSPS) is 13.1. The molecule has 1 rings (SSSR count). The second-order valence-corrected chi connectivity index (χ2v) is 8.83. The van der Waals surface area contributed by atoms with Crippen LogP contribution in [0.2, 0.25) is 0 Å². The summed E-state index contributed by atoms with van der Waals surface area (Å²) in [6.07, 6.45) is 1.65. The molecule has 0 aliphatic rings. The van der Waals surface area contributed by atoms with Crippen molar-refractivity contribution in [3.63, 3.8) is 0 Å². The lowest BCUT2D eigenvalue weighted by atomic mass is 10.0. The number of nitrogens with zero attached hydrogens (tertiary/aromatic N) is 1. The van der Waals surface area contributed by atoms with Gasteiger partial charge in [0.25, 0.3) is 10.0 Å². The fraction of sp³-hybridized carbons (Fsp3) is 0.714. The van der Waals surface area contributed by atoms with Gasteiger partial charge in [-0.05, 0) is 51.9 Å². The standard InChI is InChI=1S/C14H26N2O2S2/c1-6-14(3,4)16(5)20(17,18)13-9-8-12(19-13)10-11-15-7-2/h8-9,15H,6-7,10-11H2,1-5H3. The number of nitrogens with one attached hydrogen (secondary N) is 1. The van der Waals surface area contributed by atoms with E-state index in [9.17, 15) is 8.42 Å². The molecule has 1 aromatic heterocycles. The van der Waals surface area contributed by atoms with Gasteiger partial charge in [0.2, 0.25) is 0 Å². The molecule has 0 saturated heterocycles. The molecule has 0 spiro atoms. The summed E-state index contributed by atoms with van der Waals surface area (Å²) in [5.41, 5.74) is -0.368. The van der Waals surface area contributed by atoms with E-state index in [0.29, 0.717) is 4.21 Å². The van der Waals surface area contributed by atoms with Gasteiger partial charge in [0, 0.05) is 17.5 Å². The number of sulfonamides is 1. The van der Waals surface area contributed by atoms with Gasteiger partial charge >= 0.3 is 0 Å². The quantitative estimate of drug-likeness (QED) is 0.750. The van der Waals surface area contributed by atoms with Crippen LogP contribution in [-0.2, 0) is 16.4 Å². The van der Waals surface area contributed by atoms with Crippen molar-refractivity contribution < 1.29 is 8.42 Å². The molecule has 0 aromatic carbocycles. The van der Waals surface area contributed by atoms with Crippen LogP contribution in [0.1, 0.15) is 39.0 Å². The Morgan fingerprint density at radius 1 is 1.30 bits per heavy atom. The summed E-state index contributed by atoms with van der Waals surface area (Å²) in [7, 11) is -1.72. The molecule has 0 aliphatic carbocycles. The van der Waals surface area contributed by atoms with Gasteiger partial charge in [0.15, 0.2) is 0 Å². The van der Waals surface area contributed by atoms with Crippen LogP contribution in [0.4, 0.5) is 0 Å². The van der Waals surface area contributed by atoms with Crippen molar-refractivity contribution in [1.82, 2.24) is 9.62 Å². The van der Waals surface area contributed by atoms with Crippen molar-refractivity contribution in [2.75, 3.05) is 20.1 Å². The Balaban J connectivity index is 2.88. The van der Waals surface area contributed by atoms with E-state index in [1.807, 2.05) is 26.8 Å². The minimum atomic E-state index is -3.39. The topological polar surface area (TPSA) is 49.4 Å². The number of hydrogen-bond acceptors (Lipinski definition) is 4. The molecule has 1 heterocycles. The Hall–Kier alpha value is -0.430. The fourth-order valence-corrected chi connectivity index (χ4v) is 4.80. The molecule has 20 heavy (non-hydrogen) atoms. The summed E-state index contributed by atoms with van der Waals surface area (Å²) in [6, 6.07) is 3.64. The first kappa shape index (κ1) is 17.6. The molecule has 0 atom stereocenters. The van der Waals surface area contributed by atoms with E-state index in [0.717, 1.165) is 30.8 Å². The Labute approximate surface area is 127 Å². The Morgan fingerprint density at radius 2 is 1.95 bits per heavy atom. The molecule has 0 amide bonds. The minimum Gasteiger partial charge on any atom is -0.317 e. The SMILES string of the molecule is CCNCCc1ccc(S(=O)(=O)N(C)C(C)(C)CC)s1. The monoisotopic (exact) mass is 318 g/mol. The molecule has 0 radical (unpaired) electrons. The van der Waals surface area contributed by atoms with Gasteiger partial charge < -0.3 is 5.32 Å². The third-order valence-corrected chi connectivity index (χ3v) is 7.45. The molecule has 0 unspecified atom stereocenters. The maximum Gasteiger partial charge on any atom is 0.252 e. The molecule has 1 aromatic rings. The van der Waals surface area contributed by atoms with Crippen LogP contribution < -0.4 is 5.32 Å². The number of thiophene rings is 1. The summed E-state index contributed by atoms with van der Waals surface area (Å²) in [5.74, 6) is 0. The van der Waals surface area contributed by atoms with Crippen molar-refractivity contribution in [2.24, 2.45) is 0 Å². The van der Waals surface area contributed by atoms with Gasteiger partial charge in [0.1, 0.15) is 4.21 Å². The van der Waals surface area contributed by atoms with Crippen LogP contribution in [0.5, 0.6) is 0 Å². The minimum absolute atomic E-state index is 0.368. The third kappa shape index (κ3) is 4.04. The van der Waals surface area contributed by atoms with Crippen molar-refractivity contribution in [3.8, 4) is 0 Å². The second-order valence-electron chi connectivity index (χ2n) is 5.46. The molecule has 4 nitrogen and oxygen atoms in total. The van der Waals surface area contributed by atoms with E-state index >= 15 is 0 Å². The average molecular weight is 319 g/mol. The van der Waals surface area contributed by atoms with E-state index in [-0.39, 0.29) is 5.54 Å². The second kappa shape index (κ2) is 7.02. The summed E-state index contributed by atoms with van der Waals surface area (Å²) in [6.45, 7) is 9.78. The Bertz CT molecular complexity index is 521. The van der Waals surface area contributed by atoms with Crippen LogP contribution >= 0.6 is 11.3 Å². The lowest BCUT2D eigenvalue weighted by Crippen LogP contribution is -2.44. The summed E-state index contributed by atoms with van der Waals surface area (Å²) in [5, 5.41) is 3.25. The summed E-state index contributed by atoms with van der Waals surface area (Å²) >= 11 is 1.38. The molecular weight excluding hydrogens is 292 g/mol. The van der Waals surface area contributed by atoms with E-state index in [4.69, 9.17) is 0 Å². The van der Waals surface area contributed by atoms with Crippen LogP contribution in [-0.4, -0.2) is 38.4 Å². The van der Waals surface area contributed by atoms with Gasteiger partial charge in [-0.2, -0.15) is 4.31 Å². The highest BCUT2D eigenvalue weighted by Gasteiger charge is 2.33. The first-order chi connectivity index (χ1) is 9.25. The molecule has 0 aliphatic heterocycles. The Morgan fingerprint density at radius 3 is 2.50 bits per heavy atom. The van der Waals surface area contributed by atoms with Crippen molar-refractivity contribution in [3.05, 3.63) is 17.0 Å².